The van der Waals surface area contributed by atoms with Gasteiger partial charge in [-0.3, -0.25) is 4.18 Å². The van der Waals surface area contributed by atoms with Crippen molar-refractivity contribution in [2.75, 3.05) is 6.61 Å². The van der Waals surface area contributed by atoms with Gasteiger partial charge in [0.25, 0.3) is 10.1 Å². The molecule has 184 valence electrons. The quantitative estimate of drug-likeness (QED) is 0.616. The van der Waals surface area contributed by atoms with E-state index < -0.39 is 16.2 Å². The predicted octanol–water partition coefficient (Wildman–Crippen LogP) is 4.69. The van der Waals surface area contributed by atoms with Gasteiger partial charge in [0.2, 0.25) is 0 Å². The Labute approximate surface area is 199 Å². The van der Waals surface area contributed by atoms with Crippen LogP contribution in [0.3, 0.4) is 0 Å². The van der Waals surface area contributed by atoms with Crippen LogP contribution in [0.1, 0.15) is 71.3 Å². The number of benzene rings is 1. The van der Waals surface area contributed by atoms with Gasteiger partial charge in [-0.1, -0.05) is 38.5 Å². The Hall–Kier alpha value is -0.950. The summed E-state index contributed by atoms with van der Waals surface area (Å²) in [6.07, 6.45) is 6.04. The largest absolute Gasteiger partial charge is 0.393 e. The standard InChI is InChI=1S/C27H40O5S/c1-17-5-8-20(9-6-17)33(30,31)32-16-18-11-14-27-19(15-21(18)24(27)29)7-10-22-25(2,3)23(28)12-13-26(22,27)4/h5-6,8-9,18-19,21-24,28-29H,7,10-16H2,1-4H3/t18-,19-,21-,22?,23+,24?,26-,27+/m0/s1. The highest BCUT2D eigenvalue weighted by Gasteiger charge is 2.71. The highest BCUT2D eigenvalue weighted by atomic mass is 32.2. The topological polar surface area (TPSA) is 83.8 Å². The number of aryl methyl sites for hydroxylation is 1. The summed E-state index contributed by atoms with van der Waals surface area (Å²) in [6, 6.07) is 6.76. The molecule has 1 aromatic carbocycles. The molecule has 1 aromatic rings. The molecular weight excluding hydrogens is 436 g/mol. The molecule has 0 aromatic heterocycles. The van der Waals surface area contributed by atoms with E-state index in [2.05, 4.69) is 20.8 Å². The molecule has 2 N–H and O–H groups in total. The summed E-state index contributed by atoms with van der Waals surface area (Å²) >= 11 is 0. The maximum Gasteiger partial charge on any atom is 0.296 e. The van der Waals surface area contributed by atoms with E-state index in [1.807, 2.05) is 6.92 Å². The second-order valence-electron chi connectivity index (χ2n) is 12.4. The SMILES string of the molecule is Cc1ccc(S(=O)(=O)OC[C@@H]2CC[C@]34C(O)[C@H]2C[C@@H]3CCC2C(C)(C)[C@H](O)CC[C@@]24C)cc1. The first kappa shape index (κ1) is 23.8. The summed E-state index contributed by atoms with van der Waals surface area (Å²) in [4.78, 5) is 0.194. The Bertz CT molecular complexity index is 1000. The molecule has 0 aliphatic heterocycles. The second-order valence-corrected chi connectivity index (χ2v) is 14.0. The summed E-state index contributed by atoms with van der Waals surface area (Å²) < 4.78 is 31.1. The molecule has 0 heterocycles. The van der Waals surface area contributed by atoms with Crippen LogP contribution in [0.4, 0.5) is 0 Å². The lowest BCUT2D eigenvalue weighted by Crippen LogP contribution is -2.64. The summed E-state index contributed by atoms with van der Waals surface area (Å²) in [7, 11) is -3.80. The van der Waals surface area contributed by atoms with Crippen LogP contribution in [-0.2, 0) is 14.3 Å². The molecule has 33 heavy (non-hydrogen) atoms. The fourth-order valence-electron chi connectivity index (χ4n) is 9.01. The van der Waals surface area contributed by atoms with Gasteiger partial charge in [-0.15, -0.1) is 0 Å². The first-order valence-electron chi connectivity index (χ1n) is 12.8. The molecule has 1 spiro atoms. The van der Waals surface area contributed by atoms with Gasteiger partial charge in [0.15, 0.2) is 0 Å². The zero-order valence-electron chi connectivity index (χ0n) is 20.5. The average Bonchev–Trinajstić information content (AvgIpc) is 2.94. The number of aliphatic hydroxyl groups is 2. The van der Waals surface area contributed by atoms with Crippen LogP contribution in [-0.4, -0.2) is 37.4 Å². The summed E-state index contributed by atoms with van der Waals surface area (Å²) in [5.41, 5.74) is 0.747. The van der Waals surface area contributed by atoms with Gasteiger partial charge < -0.3 is 10.2 Å². The van der Waals surface area contributed by atoms with Gasteiger partial charge in [0.1, 0.15) is 0 Å². The zero-order valence-corrected chi connectivity index (χ0v) is 21.3. The van der Waals surface area contributed by atoms with Gasteiger partial charge in [0.05, 0.1) is 23.7 Å². The molecule has 2 bridgehead atoms. The number of hydrogen-bond acceptors (Lipinski definition) is 5. The van der Waals surface area contributed by atoms with E-state index in [1.165, 1.54) is 0 Å². The molecule has 5 rings (SSSR count). The molecule has 0 radical (unpaired) electrons. The molecule has 5 nitrogen and oxygen atoms in total. The molecule has 4 fully saturated rings. The predicted molar refractivity (Wildman–Crippen MR) is 127 cm³/mol. The highest BCUT2D eigenvalue weighted by molar-refractivity contribution is 7.86. The van der Waals surface area contributed by atoms with E-state index in [0.717, 1.165) is 50.5 Å². The fraction of sp³-hybridized carbons (Fsp3) is 0.778. The third kappa shape index (κ3) is 3.30. The van der Waals surface area contributed by atoms with Crippen LogP contribution in [0.25, 0.3) is 0 Å². The molecule has 8 atom stereocenters. The van der Waals surface area contributed by atoms with Crippen LogP contribution >= 0.6 is 0 Å². The van der Waals surface area contributed by atoms with Crippen molar-refractivity contribution in [2.24, 2.45) is 39.9 Å². The number of fused-ring (bicyclic) bond motifs is 2. The summed E-state index contributed by atoms with van der Waals surface area (Å²) in [5.74, 6) is 1.01. The second kappa shape index (κ2) is 7.78. The third-order valence-electron chi connectivity index (χ3n) is 10.8. The Kier molecular flexibility index (Phi) is 5.60. The molecule has 0 amide bonds. The minimum absolute atomic E-state index is 0.00656. The Morgan fingerprint density at radius 2 is 1.70 bits per heavy atom. The van der Waals surface area contributed by atoms with Crippen LogP contribution in [0.2, 0.25) is 0 Å². The number of rotatable bonds is 4. The molecule has 6 heteroatoms. The highest BCUT2D eigenvalue weighted by Crippen LogP contribution is 2.74. The van der Waals surface area contributed by atoms with Crippen molar-refractivity contribution in [3.63, 3.8) is 0 Å². The van der Waals surface area contributed by atoms with Crippen LogP contribution in [0, 0.1) is 46.8 Å². The lowest BCUT2D eigenvalue weighted by molar-refractivity contribution is -0.226. The van der Waals surface area contributed by atoms with E-state index in [0.29, 0.717) is 11.8 Å². The molecule has 4 aliphatic carbocycles. The van der Waals surface area contributed by atoms with Crippen molar-refractivity contribution in [3.05, 3.63) is 29.8 Å². The Morgan fingerprint density at radius 3 is 2.39 bits per heavy atom. The first-order chi connectivity index (χ1) is 15.4. The lowest BCUT2D eigenvalue weighted by Gasteiger charge is -2.67. The molecule has 4 aliphatic rings. The number of aliphatic hydroxyl groups excluding tert-OH is 2. The van der Waals surface area contributed by atoms with E-state index >= 15 is 0 Å². The van der Waals surface area contributed by atoms with E-state index in [9.17, 15) is 18.6 Å². The number of hydrogen-bond donors (Lipinski definition) is 2. The van der Waals surface area contributed by atoms with Crippen molar-refractivity contribution in [2.45, 2.75) is 89.7 Å². The fourth-order valence-corrected chi connectivity index (χ4v) is 9.96. The third-order valence-corrected chi connectivity index (χ3v) is 12.1. The first-order valence-corrected chi connectivity index (χ1v) is 14.2. The van der Waals surface area contributed by atoms with Crippen LogP contribution in [0.5, 0.6) is 0 Å². The minimum Gasteiger partial charge on any atom is -0.393 e. The van der Waals surface area contributed by atoms with Crippen molar-refractivity contribution < 1.29 is 22.8 Å². The normalized spacial score (nSPS) is 44.2. The van der Waals surface area contributed by atoms with Gasteiger partial charge in [-0.05, 0) is 98.5 Å². The molecular formula is C27H40O5S. The average molecular weight is 477 g/mol. The lowest BCUT2D eigenvalue weighted by atomic mass is 9.39. The Balaban J connectivity index is 1.37. The smallest absolute Gasteiger partial charge is 0.296 e. The summed E-state index contributed by atoms with van der Waals surface area (Å²) in [6.45, 7) is 8.89. The van der Waals surface area contributed by atoms with Crippen molar-refractivity contribution in [1.82, 2.24) is 0 Å². The van der Waals surface area contributed by atoms with Gasteiger partial charge in [-0.25, -0.2) is 0 Å². The van der Waals surface area contributed by atoms with Crippen LogP contribution < -0.4 is 0 Å². The van der Waals surface area contributed by atoms with E-state index in [1.54, 1.807) is 24.3 Å². The maximum atomic E-state index is 12.8. The molecule has 2 unspecified atom stereocenters. The van der Waals surface area contributed by atoms with E-state index in [4.69, 9.17) is 4.18 Å². The van der Waals surface area contributed by atoms with Crippen molar-refractivity contribution in [3.8, 4) is 0 Å². The minimum atomic E-state index is -3.80. The van der Waals surface area contributed by atoms with Gasteiger partial charge >= 0.3 is 0 Å². The van der Waals surface area contributed by atoms with Crippen LogP contribution in [0.15, 0.2) is 29.2 Å². The van der Waals surface area contributed by atoms with E-state index in [-0.39, 0.29) is 45.7 Å². The zero-order chi connectivity index (χ0) is 23.8. The maximum absolute atomic E-state index is 12.8. The summed E-state index contributed by atoms with van der Waals surface area (Å²) in [5, 5.41) is 22.6. The van der Waals surface area contributed by atoms with Gasteiger partial charge in [0, 0.05) is 5.41 Å². The molecule has 0 saturated heterocycles. The monoisotopic (exact) mass is 476 g/mol. The van der Waals surface area contributed by atoms with Crippen molar-refractivity contribution >= 4 is 10.1 Å². The Morgan fingerprint density at radius 1 is 1.00 bits per heavy atom. The van der Waals surface area contributed by atoms with Gasteiger partial charge in [-0.2, -0.15) is 8.42 Å². The molecule has 4 saturated carbocycles. The van der Waals surface area contributed by atoms with Crippen molar-refractivity contribution in [1.29, 1.82) is 0 Å².